The maximum absolute atomic E-state index is 5.02. The van der Waals surface area contributed by atoms with Crippen molar-refractivity contribution < 1.29 is 4.74 Å². The third-order valence-corrected chi connectivity index (χ3v) is 2.73. The first-order valence-corrected chi connectivity index (χ1v) is 4.77. The maximum Gasteiger partial charge on any atom is 0.273 e. The lowest BCUT2D eigenvalue weighted by atomic mass is 10.2. The van der Waals surface area contributed by atoms with Crippen molar-refractivity contribution in [3.8, 4) is 15.6 Å². The second-order valence-electron chi connectivity index (χ2n) is 2.56. The first-order valence-electron chi connectivity index (χ1n) is 3.95. The van der Waals surface area contributed by atoms with E-state index in [1.807, 2.05) is 24.4 Å². The maximum atomic E-state index is 5.02. The number of aromatic nitrogens is 1. The molecule has 0 saturated heterocycles. The van der Waals surface area contributed by atoms with Crippen molar-refractivity contribution in [3.05, 3.63) is 36.5 Å². The summed E-state index contributed by atoms with van der Waals surface area (Å²) in [6.45, 7) is 0. The van der Waals surface area contributed by atoms with Crippen LogP contribution in [0.2, 0.25) is 0 Å². The Bertz CT molecular complexity index is 383. The van der Waals surface area contributed by atoms with E-state index >= 15 is 0 Å². The van der Waals surface area contributed by atoms with Crippen LogP contribution in [0, 0.1) is 0 Å². The van der Waals surface area contributed by atoms with Crippen LogP contribution in [0.4, 0.5) is 0 Å². The normalized spacial score (nSPS) is 9.92. The Morgan fingerprint density at radius 2 is 2.00 bits per heavy atom. The summed E-state index contributed by atoms with van der Waals surface area (Å²) >= 11 is 1.55. The zero-order valence-corrected chi connectivity index (χ0v) is 8.04. The smallest absolute Gasteiger partial charge is 0.273 e. The van der Waals surface area contributed by atoms with E-state index in [0.717, 1.165) is 4.88 Å². The van der Waals surface area contributed by atoms with E-state index in [9.17, 15) is 0 Å². The molecule has 0 amide bonds. The molecule has 0 aliphatic rings. The highest BCUT2D eigenvalue weighted by molar-refractivity contribution is 7.16. The molecule has 66 valence electrons. The lowest BCUT2D eigenvalue weighted by Crippen LogP contribution is -1.76. The fourth-order valence-electron chi connectivity index (χ4n) is 1.09. The van der Waals surface area contributed by atoms with E-state index in [1.54, 1.807) is 18.4 Å². The quantitative estimate of drug-likeness (QED) is 0.728. The molecule has 2 aromatic rings. The number of hydrogen-bond donors (Lipinski definition) is 0. The molecule has 0 saturated carbocycles. The van der Waals surface area contributed by atoms with Gasteiger partial charge in [-0.3, -0.25) is 0 Å². The molecule has 0 bridgehead atoms. The van der Waals surface area contributed by atoms with Crippen LogP contribution in [0.3, 0.4) is 0 Å². The second kappa shape index (κ2) is 3.58. The summed E-state index contributed by atoms with van der Waals surface area (Å²) in [6.07, 6.45) is 1.83. The van der Waals surface area contributed by atoms with Crippen LogP contribution in [0.1, 0.15) is 0 Å². The van der Waals surface area contributed by atoms with Crippen molar-refractivity contribution in [2.45, 2.75) is 0 Å². The van der Waals surface area contributed by atoms with Crippen molar-refractivity contribution >= 4 is 11.3 Å². The standard InChI is InChI=1S/C10H9NOS/c1-12-10-11-7-9(13-10)8-5-3-2-4-6-8/h2-7H,1H3. The molecule has 1 heterocycles. The lowest BCUT2D eigenvalue weighted by Gasteiger charge is -1.93. The van der Waals surface area contributed by atoms with Crippen LogP contribution in [-0.4, -0.2) is 12.1 Å². The van der Waals surface area contributed by atoms with Crippen molar-refractivity contribution in [2.75, 3.05) is 7.11 Å². The number of nitrogens with zero attached hydrogens (tertiary/aromatic N) is 1. The fourth-order valence-corrected chi connectivity index (χ4v) is 1.82. The van der Waals surface area contributed by atoms with Gasteiger partial charge in [0.2, 0.25) is 0 Å². The molecule has 0 atom stereocenters. The molecule has 0 radical (unpaired) electrons. The minimum atomic E-state index is 0.707. The van der Waals surface area contributed by atoms with E-state index in [1.165, 1.54) is 5.56 Å². The SMILES string of the molecule is COc1ncc(-c2ccccc2)s1. The van der Waals surface area contributed by atoms with Gasteiger partial charge in [0.25, 0.3) is 5.19 Å². The highest BCUT2D eigenvalue weighted by Gasteiger charge is 2.02. The fraction of sp³-hybridized carbons (Fsp3) is 0.100. The van der Waals surface area contributed by atoms with Gasteiger partial charge in [0, 0.05) is 6.20 Å². The third-order valence-electron chi connectivity index (χ3n) is 1.72. The topological polar surface area (TPSA) is 22.1 Å². The van der Waals surface area contributed by atoms with Crippen molar-refractivity contribution in [1.29, 1.82) is 0 Å². The Balaban J connectivity index is 2.36. The van der Waals surface area contributed by atoms with Gasteiger partial charge >= 0.3 is 0 Å². The number of methoxy groups -OCH3 is 1. The molecule has 0 aliphatic heterocycles. The van der Waals surface area contributed by atoms with Gasteiger partial charge in [-0.15, -0.1) is 0 Å². The van der Waals surface area contributed by atoms with Gasteiger partial charge in [-0.05, 0) is 5.56 Å². The Kier molecular flexibility index (Phi) is 2.27. The zero-order chi connectivity index (χ0) is 9.10. The molecule has 2 rings (SSSR count). The van der Waals surface area contributed by atoms with Gasteiger partial charge in [0.15, 0.2) is 0 Å². The molecule has 0 N–H and O–H groups in total. The van der Waals surface area contributed by atoms with E-state index in [-0.39, 0.29) is 0 Å². The monoisotopic (exact) mass is 191 g/mol. The predicted molar refractivity (Wildman–Crippen MR) is 54.1 cm³/mol. The zero-order valence-electron chi connectivity index (χ0n) is 7.23. The summed E-state index contributed by atoms with van der Waals surface area (Å²) in [5, 5.41) is 0.707. The molecular weight excluding hydrogens is 182 g/mol. The molecule has 3 heteroatoms. The number of thiazole rings is 1. The van der Waals surface area contributed by atoms with E-state index in [4.69, 9.17) is 4.74 Å². The second-order valence-corrected chi connectivity index (χ2v) is 3.55. The summed E-state index contributed by atoms with van der Waals surface area (Å²) in [5.41, 5.74) is 1.18. The third kappa shape index (κ3) is 1.70. The molecule has 0 unspecified atom stereocenters. The van der Waals surface area contributed by atoms with Gasteiger partial charge in [-0.2, -0.15) is 0 Å². The minimum absolute atomic E-state index is 0.707. The first kappa shape index (κ1) is 8.26. The van der Waals surface area contributed by atoms with Crippen LogP contribution in [-0.2, 0) is 0 Å². The summed E-state index contributed by atoms with van der Waals surface area (Å²) < 4.78 is 5.02. The molecule has 1 aromatic heterocycles. The van der Waals surface area contributed by atoms with E-state index < -0.39 is 0 Å². The van der Waals surface area contributed by atoms with Crippen LogP contribution in [0.15, 0.2) is 36.5 Å². The number of ether oxygens (including phenoxy) is 1. The Hall–Kier alpha value is -1.35. The van der Waals surface area contributed by atoms with Gasteiger partial charge in [-0.1, -0.05) is 41.7 Å². The summed E-state index contributed by atoms with van der Waals surface area (Å²) in [7, 11) is 1.63. The highest BCUT2D eigenvalue weighted by Crippen LogP contribution is 2.29. The molecule has 13 heavy (non-hydrogen) atoms. The number of hydrogen-bond acceptors (Lipinski definition) is 3. The lowest BCUT2D eigenvalue weighted by molar-refractivity contribution is 0.412. The van der Waals surface area contributed by atoms with Gasteiger partial charge in [0.1, 0.15) is 0 Å². The van der Waals surface area contributed by atoms with Gasteiger partial charge in [0.05, 0.1) is 12.0 Å². The molecule has 2 nitrogen and oxygen atoms in total. The molecule has 0 spiro atoms. The largest absolute Gasteiger partial charge is 0.473 e. The van der Waals surface area contributed by atoms with Crippen LogP contribution in [0.5, 0.6) is 5.19 Å². The average molecular weight is 191 g/mol. The van der Waals surface area contributed by atoms with E-state index in [2.05, 4.69) is 17.1 Å². The van der Waals surface area contributed by atoms with Crippen molar-refractivity contribution in [1.82, 2.24) is 4.98 Å². The Morgan fingerprint density at radius 3 is 2.62 bits per heavy atom. The summed E-state index contributed by atoms with van der Waals surface area (Å²) in [5.74, 6) is 0. The Labute approximate surface area is 80.8 Å². The van der Waals surface area contributed by atoms with E-state index in [0.29, 0.717) is 5.19 Å². The van der Waals surface area contributed by atoms with Crippen LogP contribution in [0.25, 0.3) is 10.4 Å². The average Bonchev–Trinajstić information content (AvgIpc) is 2.67. The van der Waals surface area contributed by atoms with Crippen LogP contribution < -0.4 is 4.74 Å². The van der Waals surface area contributed by atoms with Crippen LogP contribution >= 0.6 is 11.3 Å². The number of rotatable bonds is 2. The van der Waals surface area contributed by atoms with Gasteiger partial charge in [-0.25, -0.2) is 4.98 Å². The summed E-state index contributed by atoms with van der Waals surface area (Å²) in [6, 6.07) is 10.2. The first-order chi connectivity index (χ1) is 6.40. The molecule has 0 aliphatic carbocycles. The summed E-state index contributed by atoms with van der Waals surface area (Å²) in [4.78, 5) is 5.24. The highest BCUT2D eigenvalue weighted by atomic mass is 32.1. The molecule has 1 aromatic carbocycles. The molecule has 0 fully saturated rings. The number of benzene rings is 1. The van der Waals surface area contributed by atoms with Gasteiger partial charge < -0.3 is 4.74 Å². The molecular formula is C10H9NOS. The predicted octanol–water partition coefficient (Wildman–Crippen LogP) is 2.82. The van der Waals surface area contributed by atoms with Crippen molar-refractivity contribution in [3.63, 3.8) is 0 Å². The van der Waals surface area contributed by atoms with Crippen molar-refractivity contribution in [2.24, 2.45) is 0 Å². The Morgan fingerprint density at radius 1 is 1.23 bits per heavy atom. The minimum Gasteiger partial charge on any atom is -0.473 e.